The van der Waals surface area contributed by atoms with Gasteiger partial charge in [-0.15, -0.1) is 10.2 Å². The molecule has 5 rings (SSSR count). The second kappa shape index (κ2) is 12.6. The number of aromatic nitrogens is 3. The smallest absolute Gasteiger partial charge is 0.271 e. The highest BCUT2D eigenvalue weighted by molar-refractivity contribution is 7.99. The van der Waals surface area contributed by atoms with E-state index in [-0.39, 0.29) is 35.3 Å². The molecule has 11 nitrogen and oxygen atoms in total. The Morgan fingerprint density at radius 1 is 0.833 bits per heavy atom. The summed E-state index contributed by atoms with van der Waals surface area (Å²) in [6, 6.07) is 28.2. The number of amides is 1. The van der Waals surface area contributed by atoms with E-state index in [2.05, 4.69) is 10.2 Å². The number of hydrogen-bond donors (Lipinski definition) is 0. The van der Waals surface area contributed by atoms with Gasteiger partial charge in [-0.1, -0.05) is 59.8 Å². The van der Waals surface area contributed by atoms with E-state index in [1.165, 1.54) is 41.3 Å². The van der Waals surface area contributed by atoms with Crippen LogP contribution in [0.1, 0.15) is 5.56 Å². The topological polar surface area (TPSA) is 137 Å². The van der Waals surface area contributed by atoms with Crippen LogP contribution in [0.4, 0.5) is 17.1 Å². The van der Waals surface area contributed by atoms with Crippen LogP contribution in [-0.4, -0.2) is 36.3 Å². The highest BCUT2D eigenvalue weighted by atomic mass is 35.5. The van der Waals surface area contributed by atoms with Gasteiger partial charge in [0.05, 0.1) is 27.8 Å². The third-order valence-electron chi connectivity index (χ3n) is 6.19. The Hall–Kier alpha value is -5.07. The summed E-state index contributed by atoms with van der Waals surface area (Å²) < 4.78 is 1.83. The Morgan fingerprint density at radius 2 is 1.50 bits per heavy atom. The van der Waals surface area contributed by atoms with Gasteiger partial charge < -0.3 is 4.90 Å². The van der Waals surface area contributed by atoms with Crippen molar-refractivity contribution in [2.45, 2.75) is 11.7 Å². The predicted octanol–water partition coefficient (Wildman–Crippen LogP) is 6.73. The van der Waals surface area contributed by atoms with Crippen molar-refractivity contribution >= 4 is 46.3 Å². The van der Waals surface area contributed by atoms with E-state index in [0.29, 0.717) is 21.6 Å². The minimum atomic E-state index is -0.547. The van der Waals surface area contributed by atoms with Crippen LogP contribution in [0, 0.1) is 20.2 Å². The quantitative estimate of drug-likeness (QED) is 0.0977. The normalized spacial score (nSPS) is 10.8. The third kappa shape index (κ3) is 6.45. The van der Waals surface area contributed by atoms with Gasteiger partial charge in [0.1, 0.15) is 0 Å². The first-order valence-corrected chi connectivity index (χ1v) is 13.8. The molecule has 0 aliphatic carbocycles. The van der Waals surface area contributed by atoms with Gasteiger partial charge in [-0.2, -0.15) is 0 Å². The zero-order valence-electron chi connectivity index (χ0n) is 21.7. The summed E-state index contributed by atoms with van der Waals surface area (Å²) >= 11 is 7.23. The Bertz CT molecular complexity index is 1760. The van der Waals surface area contributed by atoms with Gasteiger partial charge in [0, 0.05) is 40.5 Å². The minimum Gasteiger partial charge on any atom is -0.307 e. The van der Waals surface area contributed by atoms with Gasteiger partial charge in [-0.3, -0.25) is 29.6 Å². The van der Waals surface area contributed by atoms with E-state index in [0.717, 1.165) is 23.0 Å². The molecule has 42 heavy (non-hydrogen) atoms. The second-order valence-corrected chi connectivity index (χ2v) is 10.3. The highest BCUT2D eigenvalue weighted by Crippen LogP contribution is 2.30. The Labute approximate surface area is 248 Å². The Balaban J connectivity index is 1.47. The van der Waals surface area contributed by atoms with Crippen LogP contribution in [-0.2, 0) is 11.3 Å². The molecular formula is C29H21ClN6O5S. The first kappa shape index (κ1) is 28.5. The molecule has 0 spiro atoms. The molecule has 0 saturated carbocycles. The maximum Gasteiger partial charge on any atom is 0.271 e. The van der Waals surface area contributed by atoms with Crippen molar-refractivity contribution in [3.8, 4) is 17.1 Å². The number of benzene rings is 4. The number of rotatable bonds is 10. The molecule has 0 fully saturated rings. The lowest BCUT2D eigenvalue weighted by Crippen LogP contribution is -2.32. The summed E-state index contributed by atoms with van der Waals surface area (Å²) in [6.07, 6.45) is 0. The summed E-state index contributed by atoms with van der Waals surface area (Å²) in [7, 11) is 0. The van der Waals surface area contributed by atoms with Crippen LogP contribution in [0.25, 0.3) is 17.1 Å². The molecule has 1 aromatic heterocycles. The summed E-state index contributed by atoms with van der Waals surface area (Å²) in [5.41, 5.74) is 2.03. The molecule has 13 heteroatoms. The lowest BCUT2D eigenvalue weighted by molar-refractivity contribution is -0.385. The summed E-state index contributed by atoms with van der Waals surface area (Å²) in [5, 5.41) is 32.5. The number of nitrogens with zero attached hydrogens (tertiary/aromatic N) is 6. The van der Waals surface area contributed by atoms with E-state index in [1.54, 1.807) is 24.3 Å². The van der Waals surface area contributed by atoms with E-state index in [9.17, 15) is 25.0 Å². The standard InChI is InChI=1S/C29H21ClN6O5S/c30-22-14-12-21(13-15-22)28-31-32-29(34(28)23-7-2-1-3-8-23)42-19-27(37)33(24-9-5-11-26(17-24)36(40)41)18-20-6-4-10-25(16-20)35(38)39/h1-17H,18-19H2. The van der Waals surface area contributed by atoms with E-state index in [1.807, 2.05) is 47.0 Å². The predicted molar refractivity (Wildman–Crippen MR) is 160 cm³/mol. The molecule has 0 aliphatic heterocycles. The van der Waals surface area contributed by atoms with E-state index >= 15 is 0 Å². The number of anilines is 1. The van der Waals surface area contributed by atoms with Crippen molar-refractivity contribution in [3.63, 3.8) is 0 Å². The second-order valence-electron chi connectivity index (χ2n) is 8.96. The maximum atomic E-state index is 13.7. The molecule has 0 bridgehead atoms. The fourth-order valence-corrected chi connectivity index (χ4v) is 5.17. The third-order valence-corrected chi connectivity index (χ3v) is 7.36. The molecule has 0 radical (unpaired) electrons. The number of halogens is 1. The van der Waals surface area contributed by atoms with Crippen molar-refractivity contribution < 1.29 is 14.6 Å². The molecule has 210 valence electrons. The maximum absolute atomic E-state index is 13.7. The molecule has 0 saturated heterocycles. The number of nitro benzene ring substituents is 2. The SMILES string of the molecule is O=C(CSc1nnc(-c2ccc(Cl)cc2)n1-c1ccccc1)N(Cc1cccc([N+](=O)[O-])c1)c1cccc([N+](=O)[O-])c1. The van der Waals surface area contributed by atoms with Gasteiger partial charge in [0.25, 0.3) is 11.4 Å². The van der Waals surface area contributed by atoms with Gasteiger partial charge in [-0.25, -0.2) is 0 Å². The fourth-order valence-electron chi connectivity index (χ4n) is 4.21. The van der Waals surface area contributed by atoms with Crippen LogP contribution >= 0.6 is 23.4 Å². The molecule has 1 heterocycles. The van der Waals surface area contributed by atoms with Crippen molar-refractivity contribution in [1.82, 2.24) is 14.8 Å². The lowest BCUT2D eigenvalue weighted by atomic mass is 10.1. The monoisotopic (exact) mass is 600 g/mol. The molecule has 0 unspecified atom stereocenters. The lowest BCUT2D eigenvalue weighted by Gasteiger charge is -2.23. The number of hydrogen-bond acceptors (Lipinski definition) is 8. The molecule has 0 aliphatic rings. The van der Waals surface area contributed by atoms with E-state index in [4.69, 9.17) is 11.6 Å². The highest BCUT2D eigenvalue weighted by Gasteiger charge is 2.23. The molecule has 4 aromatic carbocycles. The Kier molecular flexibility index (Phi) is 8.55. The number of carbonyl (C=O) groups excluding carboxylic acids is 1. The zero-order chi connectivity index (χ0) is 29.6. The van der Waals surface area contributed by atoms with Gasteiger partial charge in [0.15, 0.2) is 11.0 Å². The molecule has 0 N–H and O–H groups in total. The van der Waals surface area contributed by atoms with Crippen molar-refractivity contribution in [2.75, 3.05) is 10.7 Å². The van der Waals surface area contributed by atoms with Gasteiger partial charge in [0.2, 0.25) is 5.91 Å². The first-order chi connectivity index (χ1) is 20.3. The largest absolute Gasteiger partial charge is 0.307 e. The van der Waals surface area contributed by atoms with Crippen molar-refractivity contribution in [1.29, 1.82) is 0 Å². The average Bonchev–Trinajstić information content (AvgIpc) is 3.43. The summed E-state index contributed by atoms with van der Waals surface area (Å²) in [5.74, 6) is 0.0750. The van der Waals surface area contributed by atoms with Crippen LogP contribution < -0.4 is 4.90 Å². The van der Waals surface area contributed by atoms with Crippen LogP contribution in [0.5, 0.6) is 0 Å². The van der Waals surface area contributed by atoms with Crippen LogP contribution in [0.3, 0.4) is 0 Å². The molecule has 5 aromatic rings. The number of nitro groups is 2. The molecule has 1 amide bonds. The Morgan fingerprint density at radius 3 is 2.19 bits per heavy atom. The van der Waals surface area contributed by atoms with Crippen molar-refractivity contribution in [3.05, 3.63) is 134 Å². The minimum absolute atomic E-state index is 0.0381. The van der Waals surface area contributed by atoms with Crippen LogP contribution in [0.2, 0.25) is 5.02 Å². The zero-order valence-corrected chi connectivity index (χ0v) is 23.3. The number of para-hydroxylation sites is 1. The van der Waals surface area contributed by atoms with Crippen LogP contribution in [0.15, 0.2) is 108 Å². The fraction of sp³-hybridized carbons (Fsp3) is 0.0690. The number of non-ortho nitro benzene ring substituents is 2. The van der Waals surface area contributed by atoms with Gasteiger partial charge in [-0.05, 0) is 48.0 Å². The first-order valence-electron chi connectivity index (χ1n) is 12.5. The summed E-state index contributed by atoms with van der Waals surface area (Å²) in [6.45, 7) is -0.0381. The molecular weight excluding hydrogens is 580 g/mol. The average molecular weight is 601 g/mol. The van der Waals surface area contributed by atoms with Crippen molar-refractivity contribution in [2.24, 2.45) is 0 Å². The summed E-state index contributed by atoms with van der Waals surface area (Å²) in [4.78, 5) is 36.8. The van der Waals surface area contributed by atoms with E-state index < -0.39 is 9.85 Å². The molecule has 0 atom stereocenters. The number of carbonyl (C=O) groups is 1. The number of thioether (sulfide) groups is 1. The van der Waals surface area contributed by atoms with Gasteiger partial charge >= 0.3 is 0 Å².